The van der Waals surface area contributed by atoms with E-state index in [1.165, 1.54) is 24.3 Å². The van der Waals surface area contributed by atoms with E-state index in [1.54, 1.807) is 30.3 Å². The quantitative estimate of drug-likeness (QED) is 0.788. The molecule has 0 radical (unpaired) electrons. The zero-order valence-corrected chi connectivity index (χ0v) is 13.3. The van der Waals surface area contributed by atoms with Gasteiger partial charge in [0.15, 0.2) is 0 Å². The van der Waals surface area contributed by atoms with Gasteiger partial charge in [-0.3, -0.25) is 4.72 Å². The Morgan fingerprint density at radius 2 is 1.78 bits per heavy atom. The number of benzene rings is 2. The van der Waals surface area contributed by atoms with Crippen LogP contribution in [0.1, 0.15) is 5.56 Å². The molecule has 1 heterocycles. The minimum atomic E-state index is -3.77. The number of aromatic nitrogens is 1. The molecule has 1 N–H and O–H groups in total. The number of hydrogen-bond acceptors (Lipinski definition) is 4. The number of fused-ring (bicyclic) bond motifs is 1. The zero-order chi connectivity index (χ0) is 16.4. The molecule has 2 aromatic carbocycles. The number of nitrogens with one attached hydrogen (secondary N) is 1. The van der Waals surface area contributed by atoms with Crippen LogP contribution in [0.15, 0.2) is 59.5 Å². The summed E-state index contributed by atoms with van der Waals surface area (Å²) in [6.45, 7) is 0. The molecular formula is C16H10ClN3O2S. The van der Waals surface area contributed by atoms with Crippen molar-refractivity contribution in [2.75, 3.05) is 4.72 Å². The average molecular weight is 344 g/mol. The van der Waals surface area contributed by atoms with Crippen molar-refractivity contribution in [3.05, 3.63) is 65.2 Å². The molecule has 0 bridgehead atoms. The maximum absolute atomic E-state index is 12.3. The van der Waals surface area contributed by atoms with Gasteiger partial charge < -0.3 is 0 Å². The molecule has 0 aliphatic carbocycles. The van der Waals surface area contributed by atoms with Gasteiger partial charge in [0.1, 0.15) is 5.82 Å². The van der Waals surface area contributed by atoms with Gasteiger partial charge in [0, 0.05) is 10.4 Å². The molecule has 0 atom stereocenters. The summed E-state index contributed by atoms with van der Waals surface area (Å²) in [5, 5.41) is 10.1. The van der Waals surface area contributed by atoms with Crippen LogP contribution in [0.2, 0.25) is 5.02 Å². The molecule has 5 nitrogen and oxygen atoms in total. The van der Waals surface area contributed by atoms with E-state index in [4.69, 9.17) is 16.9 Å². The molecule has 1 aromatic heterocycles. The highest BCUT2D eigenvalue weighted by molar-refractivity contribution is 7.92. The van der Waals surface area contributed by atoms with Crippen molar-refractivity contribution < 1.29 is 8.42 Å². The Hall–Kier alpha value is -2.62. The molecule has 0 saturated carbocycles. The van der Waals surface area contributed by atoms with Crippen LogP contribution in [-0.4, -0.2) is 13.4 Å². The lowest BCUT2D eigenvalue weighted by Gasteiger charge is -2.08. The number of hydrogen-bond donors (Lipinski definition) is 1. The second-order valence-electron chi connectivity index (χ2n) is 4.74. The summed E-state index contributed by atoms with van der Waals surface area (Å²) in [6, 6.07) is 16.1. The predicted molar refractivity (Wildman–Crippen MR) is 88.7 cm³/mol. The van der Waals surface area contributed by atoms with E-state index >= 15 is 0 Å². The van der Waals surface area contributed by atoms with E-state index in [9.17, 15) is 8.42 Å². The van der Waals surface area contributed by atoms with E-state index in [2.05, 4.69) is 9.71 Å². The van der Waals surface area contributed by atoms with Crippen molar-refractivity contribution in [2.45, 2.75) is 4.90 Å². The van der Waals surface area contributed by atoms with Crippen LogP contribution in [0.3, 0.4) is 0 Å². The Morgan fingerprint density at radius 3 is 2.48 bits per heavy atom. The van der Waals surface area contributed by atoms with Gasteiger partial charge in [0.25, 0.3) is 10.0 Å². The van der Waals surface area contributed by atoms with Gasteiger partial charge in [-0.1, -0.05) is 17.7 Å². The first-order valence-corrected chi connectivity index (χ1v) is 8.44. The molecule has 0 aliphatic rings. The second-order valence-corrected chi connectivity index (χ2v) is 6.83. The molecule has 0 aliphatic heterocycles. The highest BCUT2D eigenvalue weighted by atomic mass is 35.5. The molecular weight excluding hydrogens is 334 g/mol. The third kappa shape index (κ3) is 3.11. The maximum atomic E-state index is 12.3. The number of rotatable bonds is 3. The van der Waals surface area contributed by atoms with Gasteiger partial charge in [0.2, 0.25) is 0 Å². The molecule has 3 rings (SSSR count). The van der Waals surface area contributed by atoms with Crippen LogP contribution in [0.5, 0.6) is 0 Å². The number of anilines is 1. The first-order chi connectivity index (χ1) is 11.0. The normalized spacial score (nSPS) is 11.1. The Bertz CT molecular complexity index is 1030. The Balaban J connectivity index is 1.95. The highest BCUT2D eigenvalue weighted by Crippen LogP contribution is 2.24. The highest BCUT2D eigenvalue weighted by Gasteiger charge is 2.15. The summed E-state index contributed by atoms with van der Waals surface area (Å²) in [5.41, 5.74) is 0.986. The lowest BCUT2D eigenvalue weighted by Crippen LogP contribution is -2.13. The average Bonchev–Trinajstić information content (AvgIpc) is 2.54. The summed E-state index contributed by atoms with van der Waals surface area (Å²) in [7, 11) is -3.77. The van der Waals surface area contributed by atoms with E-state index in [-0.39, 0.29) is 10.7 Å². The molecule has 0 unspecified atom stereocenters. The summed E-state index contributed by atoms with van der Waals surface area (Å²) in [5.74, 6) is 0.198. The van der Waals surface area contributed by atoms with Crippen molar-refractivity contribution in [1.82, 2.24) is 4.98 Å². The van der Waals surface area contributed by atoms with Gasteiger partial charge >= 0.3 is 0 Å². The third-order valence-corrected chi connectivity index (χ3v) is 4.91. The van der Waals surface area contributed by atoms with Crippen molar-refractivity contribution in [1.29, 1.82) is 5.26 Å². The van der Waals surface area contributed by atoms with Crippen molar-refractivity contribution >= 4 is 38.3 Å². The van der Waals surface area contributed by atoms with E-state index in [1.807, 2.05) is 6.07 Å². The lowest BCUT2D eigenvalue weighted by atomic mass is 10.2. The summed E-state index contributed by atoms with van der Waals surface area (Å²) in [4.78, 5) is 4.31. The topological polar surface area (TPSA) is 82.8 Å². The molecule has 114 valence electrons. The predicted octanol–water partition coefficient (Wildman–Crippen LogP) is 3.56. The Kier molecular flexibility index (Phi) is 3.90. The maximum Gasteiger partial charge on any atom is 0.263 e. The third-order valence-electron chi connectivity index (χ3n) is 3.21. The fraction of sp³-hybridized carbons (Fsp3) is 0. The number of halogens is 1. The van der Waals surface area contributed by atoms with Crippen LogP contribution in [0.4, 0.5) is 5.82 Å². The van der Waals surface area contributed by atoms with Gasteiger partial charge in [-0.25, -0.2) is 13.4 Å². The molecule has 23 heavy (non-hydrogen) atoms. The fourth-order valence-electron chi connectivity index (χ4n) is 2.08. The molecule has 0 saturated heterocycles. The smallest absolute Gasteiger partial charge is 0.263 e. The van der Waals surface area contributed by atoms with E-state index in [0.717, 1.165) is 5.39 Å². The molecule has 0 spiro atoms. The second kappa shape index (κ2) is 5.88. The van der Waals surface area contributed by atoms with Crippen molar-refractivity contribution in [3.63, 3.8) is 0 Å². The number of pyridine rings is 1. The van der Waals surface area contributed by atoms with Gasteiger partial charge in [0.05, 0.1) is 22.0 Å². The van der Waals surface area contributed by atoms with Crippen molar-refractivity contribution in [2.24, 2.45) is 0 Å². The van der Waals surface area contributed by atoms with Crippen molar-refractivity contribution in [3.8, 4) is 6.07 Å². The minimum Gasteiger partial charge on any atom is -0.263 e. The van der Waals surface area contributed by atoms with Crippen LogP contribution in [0.25, 0.3) is 10.9 Å². The van der Waals surface area contributed by atoms with Gasteiger partial charge in [-0.15, -0.1) is 0 Å². The van der Waals surface area contributed by atoms with Crippen LogP contribution in [0, 0.1) is 11.3 Å². The fourth-order valence-corrected chi connectivity index (χ4v) is 3.31. The van der Waals surface area contributed by atoms with Gasteiger partial charge in [-0.05, 0) is 48.5 Å². The first-order valence-electron chi connectivity index (χ1n) is 6.58. The Morgan fingerprint density at radius 1 is 1.04 bits per heavy atom. The number of sulfonamides is 1. The van der Waals surface area contributed by atoms with Crippen LogP contribution >= 0.6 is 11.6 Å². The molecule has 0 fully saturated rings. The summed E-state index contributed by atoms with van der Waals surface area (Å²) in [6.07, 6.45) is 0. The van der Waals surface area contributed by atoms with Crippen LogP contribution in [-0.2, 0) is 10.0 Å². The molecule has 3 aromatic rings. The van der Waals surface area contributed by atoms with E-state index < -0.39 is 10.0 Å². The lowest BCUT2D eigenvalue weighted by molar-refractivity contribution is 0.601. The van der Waals surface area contributed by atoms with E-state index in [0.29, 0.717) is 16.1 Å². The zero-order valence-electron chi connectivity index (χ0n) is 11.7. The monoisotopic (exact) mass is 343 g/mol. The van der Waals surface area contributed by atoms with Crippen LogP contribution < -0.4 is 4.72 Å². The number of nitriles is 1. The largest absolute Gasteiger partial charge is 0.263 e. The molecule has 0 amide bonds. The molecule has 7 heteroatoms. The standard InChI is InChI=1S/C16H10ClN3O2S/c17-14-2-1-3-15-13(14)8-9-16(19-15)20-23(21,22)12-6-4-11(10-18)5-7-12/h1-9H,(H,19,20). The Labute approximate surface area is 138 Å². The summed E-state index contributed by atoms with van der Waals surface area (Å²) >= 11 is 6.06. The first kappa shape index (κ1) is 15.3. The summed E-state index contributed by atoms with van der Waals surface area (Å²) < 4.78 is 27.1. The van der Waals surface area contributed by atoms with Gasteiger partial charge in [-0.2, -0.15) is 5.26 Å². The SMILES string of the molecule is N#Cc1ccc(S(=O)(=O)Nc2ccc3c(Cl)cccc3n2)cc1. The minimum absolute atomic E-state index is 0.0597. The number of nitrogens with zero attached hydrogens (tertiary/aromatic N) is 2.